The van der Waals surface area contributed by atoms with Crippen molar-refractivity contribution in [3.63, 3.8) is 0 Å². The summed E-state index contributed by atoms with van der Waals surface area (Å²) in [5.41, 5.74) is 9.02. The minimum atomic E-state index is 0.140. The van der Waals surface area contributed by atoms with Gasteiger partial charge in [0.05, 0.1) is 0 Å². The monoisotopic (exact) mass is 273 g/mol. The number of rotatable bonds is 3. The minimum absolute atomic E-state index is 0.140. The molecule has 1 aromatic carbocycles. The largest absolute Gasteiger partial charge is 0.424 e. The third-order valence-corrected chi connectivity index (χ3v) is 2.99. The fraction of sp³-hybridized carbons (Fsp3) is 0.357. The van der Waals surface area contributed by atoms with Gasteiger partial charge in [0.2, 0.25) is 11.9 Å². The summed E-state index contributed by atoms with van der Waals surface area (Å²) < 4.78 is 5.77. The molecule has 0 fully saturated rings. The Balaban J connectivity index is 2.40. The summed E-state index contributed by atoms with van der Waals surface area (Å²) in [4.78, 5) is 14.0. The molecule has 2 N–H and O–H groups in total. The molecule has 0 aliphatic carbocycles. The lowest BCUT2D eigenvalue weighted by atomic mass is 10.1. The number of nitrogens with zero attached hydrogens (tertiary/aromatic N) is 4. The average Bonchev–Trinajstić information content (AvgIpc) is 2.34. The van der Waals surface area contributed by atoms with Crippen molar-refractivity contribution in [3.05, 3.63) is 28.8 Å². The van der Waals surface area contributed by atoms with Crippen LogP contribution in [0.3, 0.4) is 0 Å². The van der Waals surface area contributed by atoms with E-state index in [9.17, 15) is 0 Å². The van der Waals surface area contributed by atoms with Gasteiger partial charge in [-0.2, -0.15) is 15.0 Å². The number of benzene rings is 1. The molecule has 20 heavy (non-hydrogen) atoms. The lowest BCUT2D eigenvalue weighted by Gasteiger charge is -2.13. The Morgan fingerprint density at radius 1 is 1.05 bits per heavy atom. The highest BCUT2D eigenvalue weighted by Gasteiger charge is 2.11. The maximum absolute atomic E-state index is 5.77. The molecule has 106 valence electrons. The van der Waals surface area contributed by atoms with Crippen LogP contribution < -0.4 is 15.4 Å². The van der Waals surface area contributed by atoms with Crippen molar-refractivity contribution in [2.24, 2.45) is 0 Å². The van der Waals surface area contributed by atoms with Gasteiger partial charge in [0.1, 0.15) is 5.75 Å². The molecule has 0 atom stereocenters. The van der Waals surface area contributed by atoms with Crippen LogP contribution in [0.1, 0.15) is 16.7 Å². The second-order valence-corrected chi connectivity index (χ2v) is 4.98. The number of aryl methyl sites for hydroxylation is 2. The molecule has 0 saturated heterocycles. The summed E-state index contributed by atoms with van der Waals surface area (Å²) in [6.45, 7) is 6.07. The Bertz CT molecular complexity index is 640. The van der Waals surface area contributed by atoms with Crippen LogP contribution in [-0.2, 0) is 0 Å². The first-order valence-corrected chi connectivity index (χ1v) is 6.31. The summed E-state index contributed by atoms with van der Waals surface area (Å²) >= 11 is 0. The van der Waals surface area contributed by atoms with E-state index in [4.69, 9.17) is 10.5 Å². The number of aromatic nitrogens is 3. The maximum atomic E-state index is 5.77. The van der Waals surface area contributed by atoms with Crippen LogP contribution in [0.2, 0.25) is 0 Å². The van der Waals surface area contributed by atoms with Gasteiger partial charge in [0.25, 0.3) is 0 Å². The van der Waals surface area contributed by atoms with Gasteiger partial charge in [0, 0.05) is 14.1 Å². The SMILES string of the molecule is Cc1cc(C)c(C)c(Oc2nc(N)nc(N(C)C)n2)c1. The maximum Gasteiger partial charge on any atom is 0.328 e. The van der Waals surface area contributed by atoms with Crippen molar-refractivity contribution in [2.45, 2.75) is 20.8 Å². The van der Waals surface area contributed by atoms with Crippen LogP contribution in [0.25, 0.3) is 0 Å². The summed E-state index contributed by atoms with van der Waals surface area (Å²) in [6, 6.07) is 4.27. The van der Waals surface area contributed by atoms with E-state index in [1.54, 1.807) is 4.90 Å². The van der Waals surface area contributed by atoms with E-state index in [-0.39, 0.29) is 12.0 Å². The minimum Gasteiger partial charge on any atom is -0.424 e. The topological polar surface area (TPSA) is 77.2 Å². The lowest BCUT2D eigenvalue weighted by Crippen LogP contribution is -2.15. The van der Waals surface area contributed by atoms with E-state index in [1.165, 1.54) is 0 Å². The Morgan fingerprint density at radius 3 is 2.40 bits per heavy atom. The smallest absolute Gasteiger partial charge is 0.328 e. The van der Waals surface area contributed by atoms with Crippen molar-refractivity contribution in [1.82, 2.24) is 15.0 Å². The molecule has 1 heterocycles. The zero-order chi connectivity index (χ0) is 14.9. The predicted octanol–water partition coefficient (Wildman–Crippen LogP) is 2.24. The molecule has 2 aromatic rings. The van der Waals surface area contributed by atoms with Gasteiger partial charge >= 0.3 is 6.01 Å². The molecule has 0 amide bonds. The molecule has 0 bridgehead atoms. The summed E-state index contributed by atoms with van der Waals surface area (Å²) in [5, 5.41) is 0. The lowest BCUT2D eigenvalue weighted by molar-refractivity contribution is 0.437. The highest BCUT2D eigenvalue weighted by atomic mass is 16.5. The molecule has 0 saturated carbocycles. The molecule has 0 aliphatic heterocycles. The van der Waals surface area contributed by atoms with E-state index in [0.29, 0.717) is 5.95 Å². The number of anilines is 2. The van der Waals surface area contributed by atoms with Crippen LogP contribution in [-0.4, -0.2) is 29.0 Å². The normalized spacial score (nSPS) is 10.4. The molecule has 0 spiro atoms. The second-order valence-electron chi connectivity index (χ2n) is 4.98. The van der Waals surface area contributed by atoms with E-state index in [0.717, 1.165) is 22.4 Å². The predicted molar refractivity (Wildman–Crippen MR) is 79.3 cm³/mol. The molecule has 0 unspecified atom stereocenters. The highest BCUT2D eigenvalue weighted by Crippen LogP contribution is 2.27. The molecule has 6 nitrogen and oxygen atoms in total. The van der Waals surface area contributed by atoms with Crippen molar-refractivity contribution in [2.75, 3.05) is 24.7 Å². The molecular formula is C14H19N5O. The van der Waals surface area contributed by atoms with Gasteiger partial charge in [-0.1, -0.05) is 6.07 Å². The number of hydrogen-bond donors (Lipinski definition) is 1. The first-order chi connectivity index (χ1) is 9.36. The van der Waals surface area contributed by atoms with Crippen molar-refractivity contribution in [3.8, 4) is 11.8 Å². The Morgan fingerprint density at radius 2 is 1.75 bits per heavy atom. The molecular weight excluding hydrogens is 254 g/mol. The van der Waals surface area contributed by atoms with Gasteiger partial charge in [0.15, 0.2) is 0 Å². The van der Waals surface area contributed by atoms with E-state index < -0.39 is 0 Å². The van der Waals surface area contributed by atoms with Crippen LogP contribution >= 0.6 is 0 Å². The van der Waals surface area contributed by atoms with Crippen molar-refractivity contribution >= 4 is 11.9 Å². The van der Waals surface area contributed by atoms with Crippen LogP contribution in [0.5, 0.6) is 11.8 Å². The quantitative estimate of drug-likeness (QED) is 0.924. The van der Waals surface area contributed by atoms with Crippen LogP contribution in [0.15, 0.2) is 12.1 Å². The second kappa shape index (κ2) is 5.32. The van der Waals surface area contributed by atoms with E-state index in [1.807, 2.05) is 40.9 Å². The zero-order valence-electron chi connectivity index (χ0n) is 12.4. The first kappa shape index (κ1) is 14.0. The third kappa shape index (κ3) is 2.96. The molecule has 6 heteroatoms. The highest BCUT2D eigenvalue weighted by molar-refractivity contribution is 5.44. The standard InChI is InChI=1S/C14H19N5O/c1-8-6-9(2)10(3)11(7-8)20-14-17-12(15)16-13(18-14)19(4)5/h6-7H,1-5H3,(H2,15,16,17,18). The van der Waals surface area contributed by atoms with Crippen molar-refractivity contribution < 1.29 is 4.74 Å². The van der Waals surface area contributed by atoms with Gasteiger partial charge in [-0.05, 0) is 43.5 Å². The van der Waals surface area contributed by atoms with Crippen LogP contribution in [0.4, 0.5) is 11.9 Å². The number of nitrogen functional groups attached to an aromatic ring is 1. The van der Waals surface area contributed by atoms with E-state index >= 15 is 0 Å². The van der Waals surface area contributed by atoms with Gasteiger partial charge in [-0.25, -0.2) is 0 Å². The summed E-state index contributed by atoms with van der Waals surface area (Å²) in [5.74, 6) is 1.34. The molecule has 2 rings (SSSR count). The number of nitrogens with two attached hydrogens (primary N) is 1. The van der Waals surface area contributed by atoms with Gasteiger partial charge in [-0.3, -0.25) is 0 Å². The fourth-order valence-electron chi connectivity index (χ4n) is 1.81. The first-order valence-electron chi connectivity index (χ1n) is 6.31. The Kier molecular flexibility index (Phi) is 3.74. The summed E-state index contributed by atoms with van der Waals surface area (Å²) in [7, 11) is 3.67. The fourth-order valence-corrected chi connectivity index (χ4v) is 1.81. The molecule has 0 aliphatic rings. The van der Waals surface area contributed by atoms with E-state index in [2.05, 4.69) is 21.0 Å². The average molecular weight is 273 g/mol. The Hall–Kier alpha value is -2.37. The van der Waals surface area contributed by atoms with Gasteiger partial charge in [-0.15, -0.1) is 0 Å². The third-order valence-electron chi connectivity index (χ3n) is 2.99. The van der Waals surface area contributed by atoms with Crippen molar-refractivity contribution in [1.29, 1.82) is 0 Å². The zero-order valence-corrected chi connectivity index (χ0v) is 12.4. The summed E-state index contributed by atoms with van der Waals surface area (Å²) in [6.07, 6.45) is 0. The molecule has 1 aromatic heterocycles. The number of hydrogen-bond acceptors (Lipinski definition) is 6. The Labute approximate surface area is 118 Å². The molecule has 0 radical (unpaired) electrons. The van der Waals surface area contributed by atoms with Gasteiger partial charge < -0.3 is 15.4 Å². The van der Waals surface area contributed by atoms with Crippen LogP contribution in [0, 0.1) is 20.8 Å². The number of ether oxygens (including phenoxy) is 1.